The number of pyridine rings is 1. The second-order valence-corrected chi connectivity index (χ2v) is 6.87. The molecule has 164 valence electrons. The Morgan fingerprint density at radius 1 is 1.09 bits per heavy atom. The maximum atomic E-state index is 13.4. The third kappa shape index (κ3) is 4.39. The quantitative estimate of drug-likeness (QED) is 0.429. The summed E-state index contributed by atoms with van der Waals surface area (Å²) in [4.78, 5) is 16.9. The molecular formula is C22H16F4N4O2. The minimum Gasteiger partial charge on any atom is -0.432 e. The lowest BCUT2D eigenvalue weighted by molar-refractivity contribution is -0.116. The van der Waals surface area contributed by atoms with Gasteiger partial charge in [-0.15, -0.1) is 0 Å². The molecule has 32 heavy (non-hydrogen) atoms. The summed E-state index contributed by atoms with van der Waals surface area (Å²) in [5, 5.41) is 7.48. The van der Waals surface area contributed by atoms with Gasteiger partial charge in [-0.2, -0.15) is 13.9 Å². The lowest BCUT2D eigenvalue weighted by atomic mass is 10.0. The summed E-state index contributed by atoms with van der Waals surface area (Å²) < 4.78 is 57.5. The third-order valence-electron chi connectivity index (χ3n) is 4.69. The zero-order valence-electron chi connectivity index (χ0n) is 16.7. The number of carbonyl (C=O) groups excluding carboxylic acids is 1. The standard InChI is InChI=1S/C22H16F4N4O2/c1-12-20-16(13-2-4-14(23)5-3-13)8-9-27-21(20)30(29-12)11-19(31)28-17-7-6-15(24)10-18(17)32-22(25)26/h2-10,22H,11H2,1H3,(H,28,31). The zero-order valence-corrected chi connectivity index (χ0v) is 16.7. The molecule has 0 unspecified atom stereocenters. The van der Waals surface area contributed by atoms with Crippen LogP contribution in [0.1, 0.15) is 5.69 Å². The molecule has 0 spiro atoms. The van der Waals surface area contributed by atoms with Crippen LogP contribution in [0.4, 0.5) is 23.2 Å². The highest BCUT2D eigenvalue weighted by atomic mass is 19.3. The monoisotopic (exact) mass is 444 g/mol. The SMILES string of the molecule is Cc1nn(CC(=O)Nc2ccc(F)cc2OC(F)F)c2nccc(-c3ccc(F)cc3)c12. The molecule has 2 heterocycles. The predicted molar refractivity (Wildman–Crippen MR) is 109 cm³/mol. The van der Waals surface area contributed by atoms with Crippen LogP contribution in [-0.2, 0) is 11.3 Å². The van der Waals surface area contributed by atoms with Crippen molar-refractivity contribution < 1.29 is 27.1 Å². The summed E-state index contributed by atoms with van der Waals surface area (Å²) in [6.45, 7) is -1.71. The number of ether oxygens (including phenoxy) is 1. The summed E-state index contributed by atoms with van der Waals surface area (Å²) in [5.41, 5.74) is 2.44. The van der Waals surface area contributed by atoms with E-state index in [1.165, 1.54) is 16.8 Å². The van der Waals surface area contributed by atoms with E-state index >= 15 is 0 Å². The largest absolute Gasteiger partial charge is 0.432 e. The maximum Gasteiger partial charge on any atom is 0.387 e. The van der Waals surface area contributed by atoms with Gasteiger partial charge in [0.2, 0.25) is 5.91 Å². The van der Waals surface area contributed by atoms with E-state index in [0.717, 1.165) is 29.3 Å². The van der Waals surface area contributed by atoms with Crippen LogP contribution in [0.15, 0.2) is 54.7 Å². The van der Waals surface area contributed by atoms with E-state index < -0.39 is 24.1 Å². The van der Waals surface area contributed by atoms with Crippen molar-refractivity contribution in [2.45, 2.75) is 20.1 Å². The van der Waals surface area contributed by atoms with Crippen LogP contribution in [0.5, 0.6) is 5.75 Å². The molecule has 0 radical (unpaired) electrons. The van der Waals surface area contributed by atoms with E-state index in [2.05, 4.69) is 20.1 Å². The molecule has 4 aromatic rings. The molecule has 1 N–H and O–H groups in total. The average molecular weight is 444 g/mol. The van der Waals surface area contributed by atoms with E-state index in [1.807, 2.05) is 0 Å². The van der Waals surface area contributed by atoms with Gasteiger partial charge in [-0.1, -0.05) is 12.1 Å². The number of benzene rings is 2. The van der Waals surface area contributed by atoms with E-state index in [4.69, 9.17) is 0 Å². The molecule has 0 atom stereocenters. The minimum absolute atomic E-state index is 0.107. The van der Waals surface area contributed by atoms with Crippen LogP contribution in [0, 0.1) is 18.6 Å². The van der Waals surface area contributed by atoms with Crippen LogP contribution in [0.3, 0.4) is 0 Å². The predicted octanol–water partition coefficient (Wildman–Crippen LogP) is 4.93. The Labute approximate surface area is 179 Å². The molecule has 0 fully saturated rings. The number of hydrogen-bond acceptors (Lipinski definition) is 4. The molecule has 10 heteroatoms. The highest BCUT2D eigenvalue weighted by Crippen LogP contribution is 2.30. The number of aryl methyl sites for hydroxylation is 1. The molecule has 2 aromatic heterocycles. The van der Waals surface area contributed by atoms with E-state index in [0.29, 0.717) is 16.7 Å². The fourth-order valence-electron chi connectivity index (χ4n) is 3.38. The van der Waals surface area contributed by atoms with Crippen molar-refractivity contribution in [2.75, 3.05) is 5.32 Å². The third-order valence-corrected chi connectivity index (χ3v) is 4.69. The first-order valence-corrected chi connectivity index (χ1v) is 9.44. The van der Waals surface area contributed by atoms with Crippen molar-refractivity contribution in [3.63, 3.8) is 0 Å². The van der Waals surface area contributed by atoms with Crippen LogP contribution < -0.4 is 10.1 Å². The number of alkyl halides is 2. The number of halogens is 4. The number of hydrogen-bond donors (Lipinski definition) is 1. The van der Waals surface area contributed by atoms with Crippen LogP contribution in [-0.4, -0.2) is 27.3 Å². The molecule has 2 aromatic carbocycles. The lowest BCUT2D eigenvalue weighted by Gasteiger charge is -2.12. The molecule has 1 amide bonds. The Kier molecular flexibility index (Phi) is 5.76. The van der Waals surface area contributed by atoms with Crippen molar-refractivity contribution in [2.24, 2.45) is 0 Å². The highest BCUT2D eigenvalue weighted by molar-refractivity contribution is 5.96. The van der Waals surface area contributed by atoms with Gasteiger partial charge in [0.15, 0.2) is 11.4 Å². The molecule has 0 aliphatic carbocycles. The summed E-state index contributed by atoms with van der Waals surface area (Å²) in [5.74, 6) is -2.25. The first-order valence-electron chi connectivity index (χ1n) is 9.44. The first kappa shape index (κ1) is 21.3. The minimum atomic E-state index is -3.18. The number of fused-ring (bicyclic) bond motifs is 1. The lowest BCUT2D eigenvalue weighted by Crippen LogP contribution is -2.20. The van der Waals surface area contributed by atoms with Crippen LogP contribution >= 0.6 is 0 Å². The highest BCUT2D eigenvalue weighted by Gasteiger charge is 2.18. The summed E-state index contributed by atoms with van der Waals surface area (Å²) in [6, 6.07) is 10.6. The molecule has 4 rings (SSSR count). The van der Waals surface area contributed by atoms with Gasteiger partial charge in [0.25, 0.3) is 0 Å². The summed E-state index contributed by atoms with van der Waals surface area (Å²) in [7, 11) is 0. The number of nitrogens with one attached hydrogen (secondary N) is 1. The maximum absolute atomic E-state index is 13.4. The van der Waals surface area contributed by atoms with Gasteiger partial charge in [0.1, 0.15) is 18.2 Å². The van der Waals surface area contributed by atoms with Gasteiger partial charge in [-0.25, -0.2) is 18.4 Å². The van der Waals surface area contributed by atoms with Gasteiger partial charge < -0.3 is 10.1 Å². The van der Waals surface area contributed by atoms with Crippen molar-refractivity contribution in [3.05, 3.63) is 72.1 Å². The van der Waals surface area contributed by atoms with Gasteiger partial charge >= 0.3 is 6.61 Å². The number of nitrogens with zero attached hydrogens (tertiary/aromatic N) is 3. The van der Waals surface area contributed by atoms with Crippen molar-refractivity contribution in [1.29, 1.82) is 0 Å². The Morgan fingerprint density at radius 3 is 2.53 bits per heavy atom. The molecule has 0 bridgehead atoms. The molecule has 0 saturated carbocycles. The summed E-state index contributed by atoms with van der Waals surface area (Å²) in [6.07, 6.45) is 1.55. The zero-order chi connectivity index (χ0) is 22.8. The topological polar surface area (TPSA) is 69.0 Å². The molecule has 6 nitrogen and oxygen atoms in total. The number of amides is 1. The number of carbonyl (C=O) groups is 1. The molecule has 0 aliphatic rings. The Bertz CT molecular complexity index is 1290. The Hall–Kier alpha value is -3.95. The smallest absolute Gasteiger partial charge is 0.387 e. The Balaban J connectivity index is 1.62. The van der Waals surface area contributed by atoms with E-state index in [1.54, 1.807) is 31.3 Å². The second-order valence-electron chi connectivity index (χ2n) is 6.87. The van der Waals surface area contributed by atoms with Gasteiger partial charge in [0.05, 0.1) is 11.4 Å². The van der Waals surface area contributed by atoms with E-state index in [-0.39, 0.29) is 18.0 Å². The normalized spacial score (nSPS) is 11.2. The first-order chi connectivity index (χ1) is 15.3. The van der Waals surface area contributed by atoms with Crippen molar-refractivity contribution in [3.8, 4) is 16.9 Å². The van der Waals surface area contributed by atoms with Crippen LogP contribution in [0.25, 0.3) is 22.2 Å². The van der Waals surface area contributed by atoms with Crippen molar-refractivity contribution in [1.82, 2.24) is 14.8 Å². The number of rotatable bonds is 6. The fourth-order valence-corrected chi connectivity index (χ4v) is 3.38. The molecule has 0 aliphatic heterocycles. The van der Waals surface area contributed by atoms with Crippen LogP contribution in [0.2, 0.25) is 0 Å². The van der Waals surface area contributed by atoms with Gasteiger partial charge in [-0.3, -0.25) is 4.79 Å². The number of anilines is 1. The van der Waals surface area contributed by atoms with E-state index in [9.17, 15) is 22.4 Å². The molecular weight excluding hydrogens is 428 g/mol. The Morgan fingerprint density at radius 2 is 1.81 bits per heavy atom. The van der Waals surface area contributed by atoms with Gasteiger partial charge in [-0.05, 0) is 48.4 Å². The van der Waals surface area contributed by atoms with Crippen molar-refractivity contribution >= 4 is 22.6 Å². The molecule has 0 saturated heterocycles. The van der Waals surface area contributed by atoms with Gasteiger partial charge in [0, 0.05) is 17.6 Å². The number of aromatic nitrogens is 3. The average Bonchev–Trinajstić information content (AvgIpc) is 3.06. The fraction of sp³-hybridized carbons (Fsp3) is 0.136. The summed E-state index contributed by atoms with van der Waals surface area (Å²) >= 11 is 0. The second kappa shape index (κ2) is 8.66.